The fourth-order valence-corrected chi connectivity index (χ4v) is 2.62. The van der Waals surface area contributed by atoms with Crippen LogP contribution in [0.25, 0.3) is 0 Å². The Hall–Kier alpha value is -0.780. The van der Waals surface area contributed by atoms with Crippen molar-refractivity contribution in [2.45, 2.75) is 18.9 Å². The van der Waals surface area contributed by atoms with Crippen molar-refractivity contribution in [3.8, 4) is 5.75 Å². The Kier molecular flexibility index (Phi) is 4.38. The fraction of sp³-hybridized carbons (Fsp3) is 0.462. The average molecular weight is 349 g/mol. The van der Waals surface area contributed by atoms with E-state index in [9.17, 15) is 9.90 Å². The minimum Gasteiger partial charge on any atom is -0.482 e. The highest BCUT2D eigenvalue weighted by Crippen LogP contribution is 2.28. The molecule has 104 valence electrons. The predicted octanol–water partition coefficient (Wildman–Crippen LogP) is 2.46. The van der Waals surface area contributed by atoms with Gasteiger partial charge in [-0.1, -0.05) is 34.5 Å². The third-order valence-corrected chi connectivity index (χ3v) is 4.01. The van der Waals surface area contributed by atoms with Gasteiger partial charge in [-0.3, -0.25) is 4.79 Å². The first-order valence-corrected chi connectivity index (χ1v) is 7.18. The van der Waals surface area contributed by atoms with Crippen LogP contribution < -0.4 is 4.74 Å². The third kappa shape index (κ3) is 3.41. The maximum atomic E-state index is 11.8. The first kappa shape index (κ1) is 14.6. The summed E-state index contributed by atoms with van der Waals surface area (Å²) in [5.74, 6) is 0.335. The van der Waals surface area contributed by atoms with Crippen molar-refractivity contribution in [1.82, 2.24) is 4.90 Å². The molecule has 0 unspecified atom stereocenters. The summed E-state index contributed by atoms with van der Waals surface area (Å²) in [5, 5.41) is 10.3. The molecule has 1 aromatic carbocycles. The van der Waals surface area contributed by atoms with Crippen LogP contribution in [0, 0.1) is 0 Å². The summed E-state index contributed by atoms with van der Waals surface area (Å²) in [6.45, 7) is 2.58. The van der Waals surface area contributed by atoms with Gasteiger partial charge in [0.25, 0.3) is 5.91 Å². The first-order chi connectivity index (χ1) is 8.93. The summed E-state index contributed by atoms with van der Waals surface area (Å²) < 4.78 is 6.24. The summed E-state index contributed by atoms with van der Waals surface area (Å²) >= 11 is 9.29. The second kappa shape index (κ2) is 5.69. The first-order valence-electron chi connectivity index (χ1n) is 6.01. The zero-order valence-electron chi connectivity index (χ0n) is 10.5. The van der Waals surface area contributed by atoms with Crippen molar-refractivity contribution in [1.29, 1.82) is 0 Å². The number of likely N-dealkylation sites (tertiary alicyclic amines) is 1. The molecule has 6 heteroatoms. The molecule has 0 radical (unpaired) electrons. The minimum atomic E-state index is -0.717. The average Bonchev–Trinajstić information content (AvgIpc) is 2.33. The smallest absolute Gasteiger partial charge is 0.260 e. The molecule has 1 heterocycles. The zero-order chi connectivity index (χ0) is 14.0. The van der Waals surface area contributed by atoms with E-state index in [1.165, 1.54) is 0 Å². The Bertz CT molecular complexity index is 489. The molecule has 0 aliphatic carbocycles. The van der Waals surface area contributed by atoms with Gasteiger partial charge in [-0.25, -0.2) is 0 Å². The topological polar surface area (TPSA) is 49.8 Å². The summed E-state index contributed by atoms with van der Waals surface area (Å²) in [5.41, 5.74) is -0.717. The molecular formula is C13H15BrClNO3. The van der Waals surface area contributed by atoms with E-state index in [1.807, 2.05) is 6.92 Å². The number of nitrogens with zero attached hydrogens (tertiary/aromatic N) is 1. The van der Waals surface area contributed by atoms with E-state index >= 15 is 0 Å². The highest BCUT2D eigenvalue weighted by Gasteiger charge is 2.41. The van der Waals surface area contributed by atoms with Crippen LogP contribution in [0.2, 0.25) is 5.02 Å². The lowest BCUT2D eigenvalue weighted by atomic mass is 9.91. The van der Waals surface area contributed by atoms with Gasteiger partial charge in [-0.05, 0) is 24.6 Å². The number of rotatable bonds is 4. The fourth-order valence-electron chi connectivity index (χ4n) is 1.89. The van der Waals surface area contributed by atoms with E-state index in [4.69, 9.17) is 16.3 Å². The van der Waals surface area contributed by atoms with Crippen molar-refractivity contribution in [3.05, 3.63) is 27.7 Å². The second-order valence-electron chi connectivity index (χ2n) is 4.69. The Balaban J connectivity index is 1.85. The van der Waals surface area contributed by atoms with Crippen LogP contribution in [-0.2, 0) is 4.79 Å². The molecule has 0 aromatic heterocycles. The van der Waals surface area contributed by atoms with E-state index in [0.29, 0.717) is 30.3 Å². The molecule has 0 saturated carbocycles. The van der Waals surface area contributed by atoms with Gasteiger partial charge in [-0.15, -0.1) is 0 Å². The number of halogens is 2. The predicted molar refractivity (Wildman–Crippen MR) is 76.5 cm³/mol. The molecule has 1 amide bonds. The highest BCUT2D eigenvalue weighted by atomic mass is 79.9. The lowest BCUT2D eigenvalue weighted by Crippen LogP contribution is -2.63. The van der Waals surface area contributed by atoms with Crippen LogP contribution in [0.3, 0.4) is 0 Å². The SMILES string of the molecule is CCC1(O)CN(C(=O)COc2ccc(Br)cc2Cl)C1. The summed E-state index contributed by atoms with van der Waals surface area (Å²) in [6, 6.07) is 5.21. The molecule has 0 spiro atoms. The lowest BCUT2D eigenvalue weighted by molar-refractivity contribution is -0.157. The number of benzene rings is 1. The molecule has 1 aliphatic heterocycles. The molecule has 4 nitrogen and oxygen atoms in total. The van der Waals surface area contributed by atoms with Crippen LogP contribution in [0.1, 0.15) is 13.3 Å². The largest absolute Gasteiger partial charge is 0.482 e. The molecule has 1 N–H and O–H groups in total. The summed E-state index contributed by atoms with van der Waals surface area (Å²) in [6.07, 6.45) is 0.649. The van der Waals surface area contributed by atoms with Gasteiger partial charge in [0, 0.05) is 4.47 Å². The Morgan fingerprint density at radius 3 is 2.84 bits per heavy atom. The zero-order valence-corrected chi connectivity index (χ0v) is 12.9. The molecule has 1 fully saturated rings. The van der Waals surface area contributed by atoms with Gasteiger partial charge >= 0.3 is 0 Å². The van der Waals surface area contributed by atoms with Crippen LogP contribution in [-0.4, -0.2) is 41.2 Å². The summed E-state index contributed by atoms with van der Waals surface area (Å²) in [7, 11) is 0. The number of ether oxygens (including phenoxy) is 1. The van der Waals surface area contributed by atoms with E-state index < -0.39 is 5.60 Å². The van der Waals surface area contributed by atoms with Gasteiger partial charge in [0.2, 0.25) is 0 Å². The molecule has 19 heavy (non-hydrogen) atoms. The number of carbonyl (C=O) groups excluding carboxylic acids is 1. The standard InChI is InChI=1S/C13H15BrClNO3/c1-2-13(18)7-16(8-13)12(17)6-19-11-4-3-9(14)5-10(11)15/h3-5,18H,2,6-8H2,1H3. The van der Waals surface area contributed by atoms with Gasteiger partial charge in [0.15, 0.2) is 6.61 Å². The van der Waals surface area contributed by atoms with Crippen LogP contribution in [0.15, 0.2) is 22.7 Å². The maximum absolute atomic E-state index is 11.8. The van der Waals surface area contributed by atoms with E-state index in [-0.39, 0.29) is 12.5 Å². The molecule has 1 aliphatic rings. The number of hydrogen-bond acceptors (Lipinski definition) is 3. The number of carbonyl (C=O) groups is 1. The number of β-amino-alcohol motifs (C(OH)–C–C–N with tert-alkyl or cyclic N) is 1. The van der Waals surface area contributed by atoms with Crippen molar-refractivity contribution in [2.24, 2.45) is 0 Å². The van der Waals surface area contributed by atoms with Crippen molar-refractivity contribution < 1.29 is 14.6 Å². The monoisotopic (exact) mass is 347 g/mol. The molecule has 2 rings (SSSR count). The number of amides is 1. The van der Waals surface area contributed by atoms with Crippen molar-refractivity contribution >= 4 is 33.4 Å². The Morgan fingerprint density at radius 2 is 2.26 bits per heavy atom. The maximum Gasteiger partial charge on any atom is 0.260 e. The summed E-state index contributed by atoms with van der Waals surface area (Å²) in [4.78, 5) is 13.4. The molecule has 0 atom stereocenters. The van der Waals surface area contributed by atoms with Crippen LogP contribution in [0.5, 0.6) is 5.75 Å². The Labute approximate surface area is 125 Å². The van der Waals surface area contributed by atoms with Crippen LogP contribution >= 0.6 is 27.5 Å². The molecule has 1 saturated heterocycles. The molecular weight excluding hydrogens is 334 g/mol. The third-order valence-electron chi connectivity index (χ3n) is 3.23. The minimum absolute atomic E-state index is 0.0683. The normalized spacial score (nSPS) is 16.9. The van der Waals surface area contributed by atoms with Gasteiger partial charge in [-0.2, -0.15) is 0 Å². The Morgan fingerprint density at radius 1 is 1.58 bits per heavy atom. The molecule has 1 aromatic rings. The van der Waals surface area contributed by atoms with E-state index in [2.05, 4.69) is 15.9 Å². The van der Waals surface area contributed by atoms with Gasteiger partial charge < -0.3 is 14.7 Å². The molecule has 0 bridgehead atoms. The quantitative estimate of drug-likeness (QED) is 0.909. The lowest BCUT2D eigenvalue weighted by Gasteiger charge is -2.45. The highest BCUT2D eigenvalue weighted by molar-refractivity contribution is 9.10. The van der Waals surface area contributed by atoms with E-state index in [0.717, 1.165) is 4.47 Å². The van der Waals surface area contributed by atoms with Crippen molar-refractivity contribution in [3.63, 3.8) is 0 Å². The van der Waals surface area contributed by atoms with E-state index in [1.54, 1.807) is 23.1 Å². The van der Waals surface area contributed by atoms with Crippen molar-refractivity contribution in [2.75, 3.05) is 19.7 Å². The second-order valence-corrected chi connectivity index (χ2v) is 6.01. The number of aliphatic hydroxyl groups is 1. The van der Waals surface area contributed by atoms with Gasteiger partial charge in [0.1, 0.15) is 5.75 Å². The number of hydrogen-bond donors (Lipinski definition) is 1. The van der Waals surface area contributed by atoms with Crippen LogP contribution in [0.4, 0.5) is 0 Å². The van der Waals surface area contributed by atoms with Gasteiger partial charge in [0.05, 0.1) is 23.7 Å².